The average Bonchev–Trinajstić information content (AvgIpc) is 3.19. The van der Waals surface area contributed by atoms with E-state index in [1.165, 1.54) is 21.5 Å². The highest BCUT2D eigenvalue weighted by atomic mass is 16.2. The highest BCUT2D eigenvalue weighted by Gasteiger charge is 2.33. The minimum absolute atomic E-state index is 0.0318. The van der Waals surface area contributed by atoms with Gasteiger partial charge in [0.1, 0.15) is 6.54 Å². The summed E-state index contributed by atoms with van der Waals surface area (Å²) in [6, 6.07) is 15.5. The molecule has 0 radical (unpaired) electrons. The molecular weight excluding hydrogens is 338 g/mol. The van der Waals surface area contributed by atoms with Crippen LogP contribution in [-0.2, 0) is 17.8 Å². The van der Waals surface area contributed by atoms with Gasteiger partial charge in [-0.05, 0) is 12.1 Å². The number of carbonyl (C=O) groups is 2. The van der Waals surface area contributed by atoms with E-state index in [9.17, 15) is 9.59 Å². The van der Waals surface area contributed by atoms with Crippen LogP contribution in [0.5, 0.6) is 0 Å². The van der Waals surface area contributed by atoms with Crippen molar-refractivity contribution < 1.29 is 9.59 Å². The average molecular weight is 357 g/mol. The molecule has 2 aromatic carbocycles. The Labute approximate surface area is 156 Å². The van der Waals surface area contributed by atoms with Gasteiger partial charge in [0.15, 0.2) is 0 Å². The fraction of sp³-hybridized carbons (Fsp3) is 0.182. The normalized spacial score (nSPS) is 16.0. The number of fused-ring (bicyclic) bond motifs is 4. The fourth-order valence-corrected chi connectivity index (χ4v) is 4.12. The largest absolute Gasteiger partial charge is 0.358 e. The van der Waals surface area contributed by atoms with Crippen molar-refractivity contribution in [3.8, 4) is 0 Å². The van der Waals surface area contributed by atoms with Crippen molar-refractivity contribution in [3.63, 3.8) is 0 Å². The first-order valence-corrected chi connectivity index (χ1v) is 9.10. The number of amides is 2. The molecule has 134 valence electrons. The van der Waals surface area contributed by atoms with Gasteiger partial charge in [0.05, 0.1) is 0 Å². The molecule has 0 saturated carbocycles. The van der Waals surface area contributed by atoms with Crippen LogP contribution in [0.4, 0.5) is 0 Å². The number of benzene rings is 2. The number of hydrogen-bond acceptors (Lipinski definition) is 2. The second kappa shape index (κ2) is 5.84. The smallest absolute Gasteiger partial charge is 0.259 e. The molecule has 2 amide bonds. The number of rotatable bonds is 2. The maximum Gasteiger partial charge on any atom is 0.259 e. The van der Waals surface area contributed by atoms with Crippen molar-refractivity contribution in [2.45, 2.75) is 13.0 Å². The van der Waals surface area contributed by atoms with Crippen molar-refractivity contribution in [2.75, 3.05) is 13.1 Å². The topological polar surface area (TPSA) is 56.4 Å². The minimum Gasteiger partial charge on any atom is -0.358 e. The van der Waals surface area contributed by atoms with Gasteiger partial charge in [-0.2, -0.15) is 0 Å². The molecular formula is C22H19N3O2. The van der Waals surface area contributed by atoms with Gasteiger partial charge in [-0.1, -0.05) is 43.0 Å². The van der Waals surface area contributed by atoms with Gasteiger partial charge in [0, 0.05) is 58.5 Å². The first-order chi connectivity index (χ1) is 13.1. The van der Waals surface area contributed by atoms with E-state index >= 15 is 0 Å². The molecule has 0 spiro atoms. The molecule has 1 aromatic heterocycles. The Kier molecular flexibility index (Phi) is 3.44. The monoisotopic (exact) mass is 357 g/mol. The molecule has 0 fully saturated rings. The number of aromatic nitrogens is 1. The van der Waals surface area contributed by atoms with Crippen LogP contribution < -0.4 is 0 Å². The number of para-hydroxylation sites is 1. The molecule has 3 heterocycles. The second-order valence-corrected chi connectivity index (χ2v) is 7.08. The first-order valence-electron chi connectivity index (χ1n) is 9.10. The summed E-state index contributed by atoms with van der Waals surface area (Å²) in [6.07, 6.45) is 0.796. The van der Waals surface area contributed by atoms with Crippen molar-refractivity contribution in [3.05, 3.63) is 77.5 Å². The lowest BCUT2D eigenvalue weighted by Crippen LogP contribution is -2.42. The van der Waals surface area contributed by atoms with Crippen LogP contribution in [0.3, 0.4) is 0 Å². The lowest BCUT2D eigenvalue weighted by molar-refractivity contribution is -0.132. The Hall–Kier alpha value is -3.34. The molecule has 0 bridgehead atoms. The Morgan fingerprint density at radius 3 is 2.63 bits per heavy atom. The molecule has 3 aromatic rings. The summed E-state index contributed by atoms with van der Waals surface area (Å²) in [6.45, 7) is 5.28. The molecule has 27 heavy (non-hydrogen) atoms. The van der Waals surface area contributed by atoms with Crippen molar-refractivity contribution in [2.24, 2.45) is 0 Å². The highest BCUT2D eigenvalue weighted by molar-refractivity contribution is 6.10. The molecule has 0 atom stereocenters. The van der Waals surface area contributed by atoms with Crippen LogP contribution in [0, 0.1) is 0 Å². The summed E-state index contributed by atoms with van der Waals surface area (Å²) in [7, 11) is 0. The molecule has 1 N–H and O–H groups in total. The number of nitrogens with one attached hydrogen (secondary N) is 1. The number of H-pyrrole nitrogens is 1. The number of carbonyl (C=O) groups excluding carboxylic acids is 2. The Morgan fingerprint density at radius 1 is 1.07 bits per heavy atom. The van der Waals surface area contributed by atoms with E-state index in [2.05, 4.69) is 23.7 Å². The SMILES string of the molecule is C=C1c2ccccc2C(=O)N1CC(=O)N1CCc2[nH]c3ccccc3c2C1. The van der Waals surface area contributed by atoms with E-state index < -0.39 is 0 Å². The lowest BCUT2D eigenvalue weighted by atomic mass is 10.0. The predicted octanol–water partition coefficient (Wildman–Crippen LogP) is 3.18. The van der Waals surface area contributed by atoms with Crippen LogP contribution in [0.2, 0.25) is 0 Å². The van der Waals surface area contributed by atoms with Crippen molar-refractivity contribution >= 4 is 28.4 Å². The van der Waals surface area contributed by atoms with Gasteiger partial charge in [0.2, 0.25) is 5.91 Å². The second-order valence-electron chi connectivity index (χ2n) is 7.08. The summed E-state index contributed by atoms with van der Waals surface area (Å²) in [5.74, 6) is -0.193. The van der Waals surface area contributed by atoms with E-state index in [1.807, 2.05) is 35.2 Å². The van der Waals surface area contributed by atoms with Gasteiger partial charge in [-0.25, -0.2) is 0 Å². The van der Waals surface area contributed by atoms with E-state index in [0.29, 0.717) is 24.4 Å². The van der Waals surface area contributed by atoms with Crippen molar-refractivity contribution in [1.29, 1.82) is 0 Å². The van der Waals surface area contributed by atoms with Crippen LogP contribution in [0.1, 0.15) is 27.2 Å². The highest BCUT2D eigenvalue weighted by Crippen LogP contribution is 2.32. The molecule has 0 saturated heterocycles. The zero-order chi connectivity index (χ0) is 18.5. The zero-order valence-electron chi connectivity index (χ0n) is 14.9. The molecule has 5 nitrogen and oxygen atoms in total. The molecule has 5 rings (SSSR count). The van der Waals surface area contributed by atoms with Crippen LogP contribution in [0.25, 0.3) is 16.6 Å². The third-order valence-corrected chi connectivity index (χ3v) is 5.57. The summed E-state index contributed by atoms with van der Waals surface area (Å²) in [4.78, 5) is 32.4. The van der Waals surface area contributed by atoms with Gasteiger partial charge in [-0.3, -0.25) is 14.5 Å². The maximum absolute atomic E-state index is 12.9. The first kappa shape index (κ1) is 15.9. The molecule has 2 aliphatic rings. The number of nitrogens with zero attached hydrogens (tertiary/aromatic N) is 2. The Bertz CT molecular complexity index is 1080. The molecule has 0 unspecified atom stereocenters. The number of aromatic amines is 1. The third kappa shape index (κ3) is 2.39. The third-order valence-electron chi connectivity index (χ3n) is 5.57. The van der Waals surface area contributed by atoms with E-state index in [0.717, 1.165) is 17.5 Å². The summed E-state index contributed by atoms with van der Waals surface area (Å²) >= 11 is 0. The van der Waals surface area contributed by atoms with Crippen molar-refractivity contribution in [1.82, 2.24) is 14.8 Å². The van der Waals surface area contributed by atoms with Gasteiger partial charge >= 0.3 is 0 Å². The summed E-state index contributed by atoms with van der Waals surface area (Å²) < 4.78 is 0. The van der Waals surface area contributed by atoms with Gasteiger partial charge in [0.25, 0.3) is 5.91 Å². The van der Waals surface area contributed by atoms with Crippen LogP contribution in [0.15, 0.2) is 55.1 Å². The molecule has 0 aliphatic carbocycles. The summed E-state index contributed by atoms with van der Waals surface area (Å²) in [5, 5.41) is 1.17. The molecule has 5 heteroatoms. The lowest BCUT2D eigenvalue weighted by Gasteiger charge is -2.29. The quantitative estimate of drug-likeness (QED) is 0.766. The van der Waals surface area contributed by atoms with Crippen LogP contribution in [-0.4, -0.2) is 39.7 Å². The Morgan fingerprint density at radius 2 is 1.81 bits per heavy atom. The molecule has 2 aliphatic heterocycles. The van der Waals surface area contributed by atoms with Crippen LogP contribution >= 0.6 is 0 Å². The van der Waals surface area contributed by atoms with Gasteiger partial charge in [-0.15, -0.1) is 0 Å². The Balaban J connectivity index is 1.37. The van der Waals surface area contributed by atoms with E-state index in [1.54, 1.807) is 6.07 Å². The van der Waals surface area contributed by atoms with E-state index in [-0.39, 0.29) is 18.4 Å². The van der Waals surface area contributed by atoms with E-state index in [4.69, 9.17) is 0 Å². The zero-order valence-corrected chi connectivity index (χ0v) is 14.9. The predicted molar refractivity (Wildman–Crippen MR) is 104 cm³/mol. The standard InChI is InChI=1S/C22H19N3O2/c1-14-15-6-2-3-8-17(15)22(27)25(14)13-21(26)24-11-10-20-18(12-24)16-7-4-5-9-19(16)23-20/h2-9,23H,1,10-13H2. The fourth-order valence-electron chi connectivity index (χ4n) is 4.12. The number of hydrogen-bond donors (Lipinski definition) is 1. The minimum atomic E-state index is -0.145. The maximum atomic E-state index is 12.9. The van der Waals surface area contributed by atoms with Gasteiger partial charge < -0.3 is 9.88 Å². The summed E-state index contributed by atoms with van der Waals surface area (Å²) in [5.41, 5.74) is 5.53.